The second kappa shape index (κ2) is 10.8. The molecule has 2 rings (SSSR count). The van der Waals surface area contributed by atoms with E-state index in [-0.39, 0.29) is 18.3 Å². The van der Waals surface area contributed by atoms with Crippen LogP contribution in [-0.2, 0) is 23.1 Å². The molecule has 0 aliphatic rings. The molecule has 0 radical (unpaired) electrons. The molecule has 0 fully saturated rings. The number of nitrogens with one attached hydrogen (secondary N) is 1. The minimum atomic E-state index is -1.01. The topological polar surface area (TPSA) is 142 Å². The molecule has 1 heterocycles. The lowest BCUT2D eigenvalue weighted by Gasteiger charge is -2.21. The van der Waals surface area contributed by atoms with Crippen molar-refractivity contribution in [1.82, 2.24) is 14.5 Å². The first-order valence-electron chi connectivity index (χ1n) is 10.7. The molecule has 0 aliphatic carbocycles. The van der Waals surface area contributed by atoms with Crippen molar-refractivity contribution < 1.29 is 19.1 Å². The molecule has 1 aromatic heterocycles. The Morgan fingerprint density at radius 1 is 1.15 bits per heavy atom. The molecule has 1 unspecified atom stereocenters. The molecular weight excluding hydrogens is 428 g/mol. The molecule has 1 amide bonds. The number of ketones is 1. The second-order valence-corrected chi connectivity index (χ2v) is 8.10. The van der Waals surface area contributed by atoms with Crippen LogP contribution in [0.1, 0.15) is 53.5 Å². The zero-order valence-corrected chi connectivity index (χ0v) is 19.5. The van der Waals surface area contributed by atoms with Gasteiger partial charge >= 0.3 is 11.7 Å². The number of Topliss-reactive ketones (excluding diaryl/α,β-unsaturated/α-hetero) is 1. The summed E-state index contributed by atoms with van der Waals surface area (Å²) >= 11 is 0. The molecule has 178 valence electrons. The normalized spacial score (nSPS) is 11.8. The first-order chi connectivity index (χ1) is 15.5. The molecule has 1 atom stereocenters. The molecule has 33 heavy (non-hydrogen) atoms. The van der Waals surface area contributed by atoms with Crippen molar-refractivity contribution in [2.75, 3.05) is 12.3 Å². The third kappa shape index (κ3) is 5.57. The van der Waals surface area contributed by atoms with Gasteiger partial charge in [0.05, 0.1) is 0 Å². The van der Waals surface area contributed by atoms with E-state index in [1.807, 2.05) is 6.92 Å². The average molecular weight is 459 g/mol. The Morgan fingerprint density at radius 3 is 2.36 bits per heavy atom. The maximum atomic E-state index is 12.7. The number of aromatic nitrogens is 2. The van der Waals surface area contributed by atoms with E-state index in [9.17, 15) is 24.0 Å². The van der Waals surface area contributed by atoms with E-state index in [0.29, 0.717) is 12.0 Å². The fourth-order valence-corrected chi connectivity index (χ4v) is 3.33. The van der Waals surface area contributed by atoms with E-state index < -0.39 is 47.1 Å². The smallest absolute Gasteiger partial charge is 0.332 e. The van der Waals surface area contributed by atoms with Gasteiger partial charge in [0.1, 0.15) is 17.4 Å². The highest BCUT2D eigenvalue weighted by Crippen LogP contribution is 2.11. The number of rotatable bonds is 9. The first kappa shape index (κ1) is 25.6. The number of esters is 1. The van der Waals surface area contributed by atoms with Gasteiger partial charge in [-0.1, -0.05) is 39.0 Å². The number of benzene rings is 1. The van der Waals surface area contributed by atoms with Crippen LogP contribution in [0.25, 0.3) is 0 Å². The highest BCUT2D eigenvalue weighted by Gasteiger charge is 2.28. The Morgan fingerprint density at radius 2 is 1.79 bits per heavy atom. The van der Waals surface area contributed by atoms with Crippen molar-refractivity contribution in [3.05, 3.63) is 61.8 Å². The number of hydrogen-bond donors (Lipinski definition) is 2. The molecule has 0 bridgehead atoms. The molecule has 0 aliphatic heterocycles. The van der Waals surface area contributed by atoms with E-state index in [1.54, 1.807) is 45.0 Å². The lowest BCUT2D eigenvalue weighted by molar-refractivity contribution is -0.145. The summed E-state index contributed by atoms with van der Waals surface area (Å²) in [6, 6.07) is 5.91. The molecule has 0 saturated carbocycles. The lowest BCUT2D eigenvalue weighted by Crippen LogP contribution is -2.46. The summed E-state index contributed by atoms with van der Waals surface area (Å²) in [6.07, 6.45) is 0.557. The van der Waals surface area contributed by atoms with E-state index >= 15 is 0 Å². The van der Waals surface area contributed by atoms with Crippen LogP contribution in [0.15, 0.2) is 33.9 Å². The van der Waals surface area contributed by atoms with Crippen LogP contribution in [0.4, 0.5) is 5.82 Å². The summed E-state index contributed by atoms with van der Waals surface area (Å²) in [6.45, 7) is 6.50. The van der Waals surface area contributed by atoms with Gasteiger partial charge < -0.3 is 15.8 Å². The van der Waals surface area contributed by atoms with Gasteiger partial charge in [0, 0.05) is 19.2 Å². The van der Waals surface area contributed by atoms with Crippen molar-refractivity contribution in [1.29, 1.82) is 0 Å². The third-order valence-electron chi connectivity index (χ3n) is 5.25. The summed E-state index contributed by atoms with van der Waals surface area (Å²) in [5.74, 6) is -2.69. The quantitative estimate of drug-likeness (QED) is 0.422. The van der Waals surface area contributed by atoms with E-state index in [4.69, 9.17) is 10.5 Å². The number of aryl methyl sites for hydroxylation is 1. The highest BCUT2D eigenvalue weighted by molar-refractivity contribution is 6.02. The van der Waals surface area contributed by atoms with Crippen LogP contribution in [0.2, 0.25) is 0 Å². The minimum Gasteiger partial charge on any atom is -0.456 e. The molecule has 10 heteroatoms. The number of anilines is 1. The fourth-order valence-electron chi connectivity index (χ4n) is 3.33. The number of carbonyl (C=O) groups is 3. The van der Waals surface area contributed by atoms with E-state index in [1.165, 1.54) is 7.05 Å². The van der Waals surface area contributed by atoms with Gasteiger partial charge in [0.15, 0.2) is 6.61 Å². The molecule has 1 aromatic carbocycles. The summed E-state index contributed by atoms with van der Waals surface area (Å²) in [5.41, 5.74) is 5.19. The summed E-state index contributed by atoms with van der Waals surface area (Å²) < 4.78 is 7.06. The predicted molar refractivity (Wildman–Crippen MR) is 123 cm³/mol. The molecule has 3 N–H and O–H groups in total. The Bertz CT molecular complexity index is 1180. The van der Waals surface area contributed by atoms with Crippen LogP contribution < -0.4 is 22.3 Å². The van der Waals surface area contributed by atoms with Crippen molar-refractivity contribution >= 4 is 23.5 Å². The van der Waals surface area contributed by atoms with Crippen LogP contribution in [0, 0.1) is 12.8 Å². The largest absolute Gasteiger partial charge is 0.456 e. The molecule has 0 spiro atoms. The van der Waals surface area contributed by atoms with Crippen molar-refractivity contribution in [3.8, 4) is 0 Å². The van der Waals surface area contributed by atoms with Crippen molar-refractivity contribution in [2.24, 2.45) is 13.0 Å². The number of amides is 1. The second-order valence-electron chi connectivity index (χ2n) is 8.10. The van der Waals surface area contributed by atoms with Crippen molar-refractivity contribution in [3.63, 3.8) is 0 Å². The number of ether oxygens (including phenoxy) is 1. The van der Waals surface area contributed by atoms with Gasteiger partial charge in [0.25, 0.3) is 11.5 Å². The van der Waals surface area contributed by atoms with Gasteiger partial charge in [0.2, 0.25) is 5.78 Å². The summed E-state index contributed by atoms with van der Waals surface area (Å²) in [4.78, 5) is 62.8. The van der Waals surface area contributed by atoms with Crippen LogP contribution in [0.3, 0.4) is 0 Å². The van der Waals surface area contributed by atoms with Crippen LogP contribution >= 0.6 is 0 Å². The van der Waals surface area contributed by atoms with Crippen LogP contribution in [0.5, 0.6) is 0 Å². The predicted octanol–water partition coefficient (Wildman–Crippen LogP) is 1.03. The number of carbonyl (C=O) groups excluding carboxylic acids is 3. The Balaban J connectivity index is 2.21. The Kier molecular flexibility index (Phi) is 8.33. The number of nitrogens with two attached hydrogens (primary N) is 1. The molecular formula is C23H30N4O6. The fraction of sp³-hybridized carbons (Fsp3) is 0.435. The number of hydrogen-bond acceptors (Lipinski definition) is 7. The summed E-state index contributed by atoms with van der Waals surface area (Å²) in [5, 5.41) is 2.64. The van der Waals surface area contributed by atoms with Crippen molar-refractivity contribution in [2.45, 2.75) is 46.7 Å². The van der Waals surface area contributed by atoms with Gasteiger partial charge in [-0.2, -0.15) is 0 Å². The standard InChI is InChI=1S/C23H30N4O6/c1-6-11-27-19(24)17(21(30)26(5)23(27)32)16(28)12-33-22(31)18(13(2)3)25-20(29)15-10-8-7-9-14(15)4/h7-10,13,18H,6,11-12,24H2,1-5H3,(H,25,29). The van der Waals surface area contributed by atoms with E-state index in [0.717, 1.165) is 14.7 Å². The lowest BCUT2D eigenvalue weighted by atomic mass is 10.0. The van der Waals surface area contributed by atoms with Gasteiger partial charge in [-0.25, -0.2) is 9.59 Å². The number of nitrogen functional groups attached to an aromatic ring is 1. The Labute approximate surface area is 191 Å². The van der Waals surface area contributed by atoms with E-state index in [2.05, 4.69) is 5.32 Å². The van der Waals surface area contributed by atoms with Gasteiger partial charge in [-0.15, -0.1) is 0 Å². The zero-order valence-electron chi connectivity index (χ0n) is 19.5. The monoisotopic (exact) mass is 458 g/mol. The third-order valence-corrected chi connectivity index (χ3v) is 5.25. The zero-order chi connectivity index (χ0) is 24.9. The molecule has 0 saturated heterocycles. The molecule has 10 nitrogen and oxygen atoms in total. The number of nitrogens with zero attached hydrogens (tertiary/aromatic N) is 2. The highest BCUT2D eigenvalue weighted by atomic mass is 16.5. The maximum absolute atomic E-state index is 12.7. The molecule has 2 aromatic rings. The average Bonchev–Trinajstić information content (AvgIpc) is 2.77. The maximum Gasteiger partial charge on any atom is 0.332 e. The minimum absolute atomic E-state index is 0.221. The van der Waals surface area contributed by atoms with Gasteiger partial charge in [-0.3, -0.25) is 23.5 Å². The van der Waals surface area contributed by atoms with Crippen LogP contribution in [-0.4, -0.2) is 39.4 Å². The SMILES string of the molecule is CCCn1c(N)c(C(=O)COC(=O)C(NC(=O)c2ccccc2C)C(C)C)c(=O)n(C)c1=O. The first-order valence-corrected chi connectivity index (χ1v) is 10.7. The van der Waals surface area contributed by atoms with Gasteiger partial charge in [-0.05, 0) is 30.9 Å². The Hall–Kier alpha value is -3.69. The summed E-state index contributed by atoms with van der Waals surface area (Å²) in [7, 11) is 1.24.